The van der Waals surface area contributed by atoms with Crippen LogP contribution in [0, 0.1) is 12.7 Å². The molecule has 1 saturated heterocycles. The number of ether oxygens (including phenoxy) is 1. The van der Waals surface area contributed by atoms with Crippen molar-refractivity contribution in [3.05, 3.63) is 65.5 Å². The minimum Gasteiger partial charge on any atom is -0.496 e. The number of piperidine rings is 1. The lowest BCUT2D eigenvalue weighted by atomic mass is 9.87. The summed E-state index contributed by atoms with van der Waals surface area (Å²) in [5.74, 6) is 0.163. The fraction of sp³-hybridized carbons (Fsp3) is 0.370. The predicted molar refractivity (Wildman–Crippen MR) is 142 cm³/mol. The van der Waals surface area contributed by atoms with Crippen LogP contribution in [0.3, 0.4) is 0 Å². The number of nitrogens with one attached hydrogen (secondary N) is 2. The summed E-state index contributed by atoms with van der Waals surface area (Å²) in [4.78, 5) is 17.1. The molecule has 1 amide bonds. The lowest BCUT2D eigenvalue weighted by Gasteiger charge is -2.31. The Hall–Kier alpha value is -3.50. The maximum atomic E-state index is 16.0. The monoisotopic (exact) mass is 542 g/mol. The molecule has 8 nitrogen and oxygen atoms in total. The highest BCUT2D eigenvalue weighted by molar-refractivity contribution is 5.96. The second-order valence-electron chi connectivity index (χ2n) is 9.89. The van der Waals surface area contributed by atoms with Crippen molar-refractivity contribution in [3.63, 3.8) is 0 Å². The minimum absolute atomic E-state index is 0. The van der Waals surface area contributed by atoms with Gasteiger partial charge < -0.3 is 15.4 Å². The number of nitrogens with zero attached hydrogens (tertiary/aromatic N) is 4. The fourth-order valence-corrected chi connectivity index (χ4v) is 4.95. The van der Waals surface area contributed by atoms with Gasteiger partial charge in [-0.1, -0.05) is 0 Å². The molecule has 38 heavy (non-hydrogen) atoms. The van der Waals surface area contributed by atoms with E-state index in [1.807, 2.05) is 0 Å². The number of pyridine rings is 1. The first-order valence-electron chi connectivity index (χ1n) is 12.5. The van der Waals surface area contributed by atoms with Gasteiger partial charge >= 0.3 is 0 Å². The van der Waals surface area contributed by atoms with Gasteiger partial charge in [0.1, 0.15) is 22.9 Å². The van der Waals surface area contributed by atoms with Crippen molar-refractivity contribution in [2.24, 2.45) is 0 Å². The minimum atomic E-state index is -1.51. The molecule has 11 heteroatoms. The SMILES string of the molecule is COc1cc2ncc(-n3cc(-c4cc(C)c(F)c(C(=O)NC5CC5)c4)cn3)n2cc1C1(F)CCNCC1.Cl. The second-order valence-corrected chi connectivity index (χ2v) is 9.89. The first kappa shape index (κ1) is 26.1. The molecule has 6 rings (SSSR count). The zero-order valence-corrected chi connectivity index (χ0v) is 21.9. The molecule has 1 saturated carbocycles. The van der Waals surface area contributed by atoms with E-state index in [2.05, 4.69) is 20.7 Å². The van der Waals surface area contributed by atoms with E-state index in [1.54, 1.807) is 59.0 Å². The topological polar surface area (TPSA) is 85.5 Å². The third kappa shape index (κ3) is 4.63. The van der Waals surface area contributed by atoms with E-state index in [1.165, 1.54) is 7.11 Å². The number of benzene rings is 1. The van der Waals surface area contributed by atoms with Gasteiger partial charge in [-0.25, -0.2) is 18.4 Å². The molecule has 2 fully saturated rings. The van der Waals surface area contributed by atoms with Gasteiger partial charge in [-0.05, 0) is 69.0 Å². The molecule has 1 aliphatic carbocycles. The van der Waals surface area contributed by atoms with Crippen molar-refractivity contribution in [3.8, 4) is 22.7 Å². The first-order chi connectivity index (χ1) is 17.9. The number of aryl methyl sites for hydroxylation is 1. The Bertz CT molecular complexity index is 1510. The molecule has 0 bridgehead atoms. The van der Waals surface area contributed by atoms with Crippen molar-refractivity contribution in [1.29, 1.82) is 0 Å². The summed E-state index contributed by atoms with van der Waals surface area (Å²) in [5, 5.41) is 10.6. The van der Waals surface area contributed by atoms with Crippen molar-refractivity contribution in [2.45, 2.75) is 44.3 Å². The quantitative estimate of drug-likeness (QED) is 0.374. The summed E-state index contributed by atoms with van der Waals surface area (Å²) >= 11 is 0. The Balaban J connectivity index is 0.00000294. The smallest absolute Gasteiger partial charge is 0.254 e. The molecular weight excluding hydrogens is 514 g/mol. The molecule has 1 aromatic carbocycles. The van der Waals surface area contributed by atoms with Crippen LogP contribution in [0.5, 0.6) is 5.75 Å². The number of halogens is 3. The Labute approximate surface area is 224 Å². The molecule has 0 atom stereocenters. The molecule has 2 aliphatic rings. The number of hydrogen-bond donors (Lipinski definition) is 2. The van der Waals surface area contributed by atoms with Crippen LogP contribution in [0.25, 0.3) is 22.6 Å². The lowest BCUT2D eigenvalue weighted by molar-refractivity contribution is 0.0946. The van der Waals surface area contributed by atoms with Crippen LogP contribution in [-0.4, -0.2) is 51.3 Å². The van der Waals surface area contributed by atoms with Crippen LogP contribution >= 0.6 is 12.4 Å². The number of alkyl halides is 1. The van der Waals surface area contributed by atoms with Crippen LogP contribution in [0.2, 0.25) is 0 Å². The average molecular weight is 543 g/mol. The van der Waals surface area contributed by atoms with Crippen LogP contribution in [0.4, 0.5) is 8.78 Å². The van der Waals surface area contributed by atoms with E-state index in [9.17, 15) is 9.18 Å². The zero-order valence-electron chi connectivity index (χ0n) is 21.1. The van der Waals surface area contributed by atoms with E-state index in [0.29, 0.717) is 65.4 Å². The van der Waals surface area contributed by atoms with Crippen molar-refractivity contribution >= 4 is 24.0 Å². The molecule has 200 valence electrons. The van der Waals surface area contributed by atoms with Crippen molar-refractivity contribution in [1.82, 2.24) is 29.8 Å². The van der Waals surface area contributed by atoms with E-state index >= 15 is 4.39 Å². The highest BCUT2D eigenvalue weighted by Crippen LogP contribution is 2.41. The number of carbonyl (C=O) groups excluding carboxylic acids is 1. The van der Waals surface area contributed by atoms with Gasteiger partial charge in [0.25, 0.3) is 5.91 Å². The number of imidazole rings is 1. The highest BCUT2D eigenvalue weighted by Gasteiger charge is 2.37. The lowest BCUT2D eigenvalue weighted by Crippen LogP contribution is -2.37. The molecule has 0 radical (unpaired) electrons. The average Bonchev–Trinajstić information content (AvgIpc) is 3.40. The number of fused-ring (bicyclic) bond motifs is 1. The summed E-state index contributed by atoms with van der Waals surface area (Å²) in [6, 6.07) is 5.13. The summed E-state index contributed by atoms with van der Waals surface area (Å²) in [5.41, 5.74) is 1.37. The van der Waals surface area contributed by atoms with Crippen LogP contribution in [0.15, 0.2) is 43.0 Å². The third-order valence-electron chi connectivity index (χ3n) is 7.25. The van der Waals surface area contributed by atoms with Gasteiger partial charge in [0, 0.05) is 35.6 Å². The van der Waals surface area contributed by atoms with E-state index in [0.717, 1.165) is 12.8 Å². The normalized spacial score (nSPS) is 16.7. The van der Waals surface area contributed by atoms with E-state index in [4.69, 9.17) is 4.74 Å². The van der Waals surface area contributed by atoms with Gasteiger partial charge in [0.2, 0.25) is 0 Å². The Kier molecular flexibility index (Phi) is 6.87. The zero-order chi connectivity index (χ0) is 25.7. The molecule has 1 aliphatic heterocycles. The standard InChI is InChI=1S/C27H28F2N6O2.ClH/c1-16-9-17(10-20(25(16)28)26(36)33-19-3-4-19)18-12-32-35(14-18)24-13-31-23-11-22(37-2)21(15-34(23)24)27(29)5-7-30-8-6-27;/h9-15,19,30H,3-8H2,1-2H3,(H,33,36);1H. The van der Waals surface area contributed by atoms with Gasteiger partial charge in [0.15, 0.2) is 5.82 Å². The first-order valence-corrected chi connectivity index (χ1v) is 12.5. The number of rotatable bonds is 6. The van der Waals surface area contributed by atoms with Gasteiger partial charge in [-0.3, -0.25) is 9.20 Å². The molecule has 0 unspecified atom stereocenters. The maximum absolute atomic E-state index is 16.0. The maximum Gasteiger partial charge on any atom is 0.254 e. The number of amides is 1. The number of carbonyl (C=O) groups is 1. The van der Waals surface area contributed by atoms with E-state index in [-0.39, 0.29) is 24.0 Å². The summed E-state index contributed by atoms with van der Waals surface area (Å²) < 4.78 is 39.7. The molecule has 4 heterocycles. The van der Waals surface area contributed by atoms with Crippen LogP contribution in [-0.2, 0) is 5.67 Å². The molecule has 2 N–H and O–H groups in total. The van der Waals surface area contributed by atoms with Crippen LogP contribution < -0.4 is 15.4 Å². The largest absolute Gasteiger partial charge is 0.496 e. The van der Waals surface area contributed by atoms with Gasteiger partial charge in [0.05, 0.1) is 25.1 Å². The Morgan fingerprint density at radius 3 is 2.63 bits per heavy atom. The summed E-state index contributed by atoms with van der Waals surface area (Å²) in [6.07, 6.45) is 9.40. The van der Waals surface area contributed by atoms with Crippen LogP contribution in [0.1, 0.15) is 47.2 Å². The Morgan fingerprint density at radius 2 is 1.92 bits per heavy atom. The molecule has 4 aromatic rings. The fourth-order valence-electron chi connectivity index (χ4n) is 4.95. The summed E-state index contributed by atoms with van der Waals surface area (Å²) in [7, 11) is 1.53. The van der Waals surface area contributed by atoms with Crippen molar-refractivity contribution in [2.75, 3.05) is 20.2 Å². The predicted octanol–water partition coefficient (Wildman–Crippen LogP) is 4.51. The van der Waals surface area contributed by atoms with E-state index < -0.39 is 17.4 Å². The summed E-state index contributed by atoms with van der Waals surface area (Å²) in [6.45, 7) is 2.83. The Morgan fingerprint density at radius 1 is 1.16 bits per heavy atom. The molecule has 3 aromatic heterocycles. The second kappa shape index (κ2) is 9.99. The number of methoxy groups -OCH3 is 1. The molecular formula is C27H29ClF2N6O2. The van der Waals surface area contributed by atoms with Crippen molar-refractivity contribution < 1.29 is 18.3 Å². The van der Waals surface area contributed by atoms with Gasteiger partial charge in [-0.15, -0.1) is 12.4 Å². The van der Waals surface area contributed by atoms with Gasteiger partial charge in [-0.2, -0.15) is 5.10 Å². The number of hydrogen-bond acceptors (Lipinski definition) is 5. The third-order valence-corrected chi connectivity index (χ3v) is 7.25. The highest BCUT2D eigenvalue weighted by atomic mass is 35.5. The number of aromatic nitrogens is 4. The molecule has 0 spiro atoms.